The lowest BCUT2D eigenvalue weighted by atomic mass is 10.1. The molecule has 2 heterocycles. The molecule has 0 bridgehead atoms. The first-order chi connectivity index (χ1) is 16.0. The fraction of sp³-hybridized carbons (Fsp3) is 0.292. The highest BCUT2D eigenvalue weighted by atomic mass is 32.1. The van der Waals surface area contributed by atoms with Gasteiger partial charge in [-0.3, -0.25) is 14.5 Å². The second-order valence-corrected chi connectivity index (χ2v) is 7.99. The van der Waals surface area contributed by atoms with E-state index >= 15 is 0 Å². The van der Waals surface area contributed by atoms with Crippen molar-refractivity contribution >= 4 is 40.9 Å². The molecule has 2 aliphatic rings. The predicted octanol–water partition coefficient (Wildman–Crippen LogP) is 2.50. The van der Waals surface area contributed by atoms with Crippen LogP contribution in [0.3, 0.4) is 0 Å². The number of ether oxygens (including phenoxy) is 3. The maximum Gasteiger partial charge on any atom is 0.281 e. The summed E-state index contributed by atoms with van der Waals surface area (Å²) in [5.74, 6) is 0.578. The van der Waals surface area contributed by atoms with Crippen LogP contribution in [-0.2, 0) is 14.3 Å². The molecule has 0 radical (unpaired) electrons. The second kappa shape index (κ2) is 10.0. The van der Waals surface area contributed by atoms with Crippen LogP contribution in [0.25, 0.3) is 6.08 Å². The van der Waals surface area contributed by atoms with E-state index < -0.39 is 0 Å². The first-order valence-corrected chi connectivity index (χ1v) is 11.0. The van der Waals surface area contributed by atoms with Crippen LogP contribution < -0.4 is 19.7 Å². The lowest BCUT2D eigenvalue weighted by Gasteiger charge is -2.26. The van der Waals surface area contributed by atoms with E-state index in [1.54, 1.807) is 29.2 Å². The number of amides is 2. The van der Waals surface area contributed by atoms with Crippen molar-refractivity contribution < 1.29 is 23.8 Å². The van der Waals surface area contributed by atoms with E-state index in [-0.39, 0.29) is 18.4 Å². The van der Waals surface area contributed by atoms with E-state index in [0.717, 1.165) is 16.8 Å². The molecule has 2 amide bonds. The SMILES string of the molecule is COc1cc(/C=C2\NC(=S)N(c3ccccc3C)C2=O)ccc1OCC(=O)N1CCOCC1. The van der Waals surface area contributed by atoms with Gasteiger partial charge in [-0.2, -0.15) is 0 Å². The van der Waals surface area contributed by atoms with E-state index in [1.807, 2.05) is 31.2 Å². The van der Waals surface area contributed by atoms with Crippen LogP contribution in [0.1, 0.15) is 11.1 Å². The summed E-state index contributed by atoms with van der Waals surface area (Å²) in [5.41, 5.74) is 2.78. The van der Waals surface area contributed by atoms with Gasteiger partial charge in [0.05, 0.1) is 26.0 Å². The summed E-state index contributed by atoms with van der Waals surface area (Å²) in [6.45, 7) is 4.05. The van der Waals surface area contributed by atoms with Crippen molar-refractivity contribution in [1.29, 1.82) is 0 Å². The van der Waals surface area contributed by atoms with Crippen molar-refractivity contribution in [1.82, 2.24) is 10.2 Å². The Morgan fingerprint density at radius 2 is 1.94 bits per heavy atom. The molecular formula is C24H25N3O5S. The number of carbonyl (C=O) groups is 2. The Hall–Kier alpha value is -3.43. The van der Waals surface area contributed by atoms with E-state index in [4.69, 9.17) is 26.4 Å². The molecule has 1 N–H and O–H groups in total. The standard InChI is InChI=1S/C24H25N3O5S/c1-16-5-3-4-6-19(16)27-23(29)18(25-24(27)33)13-17-7-8-20(21(14-17)30-2)32-15-22(28)26-9-11-31-12-10-26/h3-8,13-14H,9-12,15H2,1-2H3,(H,25,33)/b18-13-. The van der Waals surface area contributed by atoms with Crippen LogP contribution in [-0.4, -0.2) is 61.8 Å². The molecular weight excluding hydrogens is 442 g/mol. The molecule has 0 saturated carbocycles. The number of nitrogens with zero attached hydrogens (tertiary/aromatic N) is 2. The molecule has 33 heavy (non-hydrogen) atoms. The Balaban J connectivity index is 1.48. The summed E-state index contributed by atoms with van der Waals surface area (Å²) in [5, 5.41) is 3.32. The van der Waals surface area contributed by atoms with E-state index in [2.05, 4.69) is 5.32 Å². The molecule has 0 aliphatic carbocycles. The topological polar surface area (TPSA) is 80.3 Å². The number of thiocarbonyl (C=S) groups is 1. The molecule has 0 unspecified atom stereocenters. The van der Waals surface area contributed by atoms with Gasteiger partial charge >= 0.3 is 0 Å². The van der Waals surface area contributed by atoms with Gasteiger partial charge in [-0.25, -0.2) is 0 Å². The molecule has 2 aliphatic heterocycles. The average Bonchev–Trinajstić information content (AvgIpc) is 3.11. The maximum absolute atomic E-state index is 13.0. The Kier molecular flexibility index (Phi) is 6.90. The summed E-state index contributed by atoms with van der Waals surface area (Å²) in [6, 6.07) is 12.8. The minimum Gasteiger partial charge on any atom is -0.493 e. The molecule has 2 aromatic rings. The van der Waals surface area contributed by atoms with Gasteiger partial charge < -0.3 is 24.4 Å². The molecule has 4 rings (SSSR count). The zero-order valence-corrected chi connectivity index (χ0v) is 19.3. The minimum absolute atomic E-state index is 0.0868. The number of morpholine rings is 1. The fourth-order valence-corrected chi connectivity index (χ4v) is 3.96. The molecule has 9 heteroatoms. The third-order valence-corrected chi connectivity index (χ3v) is 5.73. The lowest BCUT2D eigenvalue weighted by molar-refractivity contribution is -0.137. The summed E-state index contributed by atoms with van der Waals surface area (Å²) in [6.07, 6.45) is 1.71. The molecule has 2 aromatic carbocycles. The predicted molar refractivity (Wildman–Crippen MR) is 128 cm³/mol. The van der Waals surface area contributed by atoms with Crippen LogP contribution in [0.2, 0.25) is 0 Å². The number of hydrogen-bond acceptors (Lipinski definition) is 6. The van der Waals surface area contributed by atoms with Crippen molar-refractivity contribution in [3.63, 3.8) is 0 Å². The first-order valence-electron chi connectivity index (χ1n) is 10.6. The van der Waals surface area contributed by atoms with Crippen LogP contribution in [0.4, 0.5) is 5.69 Å². The smallest absolute Gasteiger partial charge is 0.281 e. The number of carbonyl (C=O) groups excluding carboxylic acids is 2. The fourth-order valence-electron chi connectivity index (χ4n) is 3.67. The van der Waals surface area contributed by atoms with Crippen LogP contribution in [0.15, 0.2) is 48.2 Å². The highest BCUT2D eigenvalue weighted by molar-refractivity contribution is 7.80. The Bertz CT molecular complexity index is 1110. The molecule has 8 nitrogen and oxygen atoms in total. The summed E-state index contributed by atoms with van der Waals surface area (Å²) in [4.78, 5) is 28.6. The zero-order chi connectivity index (χ0) is 23.4. The second-order valence-electron chi connectivity index (χ2n) is 7.61. The van der Waals surface area contributed by atoms with Gasteiger partial charge in [0, 0.05) is 13.1 Å². The number of nitrogens with one attached hydrogen (secondary N) is 1. The summed E-state index contributed by atoms with van der Waals surface area (Å²) >= 11 is 5.40. The Morgan fingerprint density at radius 1 is 1.18 bits per heavy atom. The Morgan fingerprint density at radius 3 is 2.67 bits per heavy atom. The number of anilines is 1. The first kappa shape index (κ1) is 22.8. The molecule has 0 spiro atoms. The van der Waals surface area contributed by atoms with Gasteiger partial charge in [0.1, 0.15) is 5.70 Å². The van der Waals surface area contributed by atoms with Gasteiger partial charge in [0.25, 0.3) is 11.8 Å². The maximum atomic E-state index is 13.0. The van der Waals surface area contributed by atoms with Crippen molar-refractivity contribution in [3.05, 3.63) is 59.3 Å². The van der Waals surface area contributed by atoms with Gasteiger partial charge in [-0.1, -0.05) is 24.3 Å². The molecule has 0 atom stereocenters. The summed E-state index contributed by atoms with van der Waals surface area (Å²) < 4.78 is 16.4. The quantitative estimate of drug-likeness (QED) is 0.517. The van der Waals surface area contributed by atoms with E-state index in [0.29, 0.717) is 48.6 Å². The monoisotopic (exact) mass is 467 g/mol. The number of aryl methyl sites for hydroxylation is 1. The Labute approximate surface area is 197 Å². The van der Waals surface area contributed by atoms with Gasteiger partial charge in [-0.15, -0.1) is 0 Å². The zero-order valence-electron chi connectivity index (χ0n) is 18.5. The normalized spacial score (nSPS) is 17.3. The van der Waals surface area contributed by atoms with Crippen molar-refractivity contribution in [3.8, 4) is 11.5 Å². The van der Waals surface area contributed by atoms with Crippen LogP contribution in [0.5, 0.6) is 11.5 Å². The molecule has 2 fully saturated rings. The molecule has 172 valence electrons. The number of rotatable bonds is 6. The molecule has 0 aromatic heterocycles. The largest absolute Gasteiger partial charge is 0.493 e. The number of benzene rings is 2. The summed E-state index contributed by atoms with van der Waals surface area (Å²) in [7, 11) is 1.52. The number of hydrogen-bond donors (Lipinski definition) is 1. The third kappa shape index (κ3) is 4.99. The van der Waals surface area contributed by atoms with Gasteiger partial charge in [-0.05, 0) is 54.5 Å². The van der Waals surface area contributed by atoms with Crippen molar-refractivity contribution in [2.75, 3.05) is 44.9 Å². The van der Waals surface area contributed by atoms with Crippen LogP contribution in [0, 0.1) is 6.92 Å². The van der Waals surface area contributed by atoms with Gasteiger partial charge in [0.2, 0.25) is 0 Å². The van der Waals surface area contributed by atoms with E-state index in [9.17, 15) is 9.59 Å². The molecule has 2 saturated heterocycles. The average molecular weight is 468 g/mol. The van der Waals surface area contributed by atoms with Crippen molar-refractivity contribution in [2.24, 2.45) is 0 Å². The minimum atomic E-state index is -0.232. The van der Waals surface area contributed by atoms with Crippen LogP contribution >= 0.6 is 12.2 Å². The lowest BCUT2D eigenvalue weighted by Crippen LogP contribution is -2.43. The number of methoxy groups -OCH3 is 1. The highest BCUT2D eigenvalue weighted by Crippen LogP contribution is 2.30. The third-order valence-electron chi connectivity index (χ3n) is 5.45. The van der Waals surface area contributed by atoms with E-state index in [1.165, 1.54) is 12.0 Å². The number of para-hydroxylation sites is 1. The van der Waals surface area contributed by atoms with Crippen molar-refractivity contribution in [2.45, 2.75) is 6.92 Å². The van der Waals surface area contributed by atoms with Gasteiger partial charge in [0.15, 0.2) is 23.2 Å². The highest BCUT2D eigenvalue weighted by Gasteiger charge is 2.32.